The summed E-state index contributed by atoms with van der Waals surface area (Å²) in [4.78, 5) is 65.4. The highest BCUT2D eigenvalue weighted by Crippen LogP contribution is 2.31. The molecule has 0 spiro atoms. The van der Waals surface area contributed by atoms with E-state index in [1.807, 2.05) is 12.1 Å². The third kappa shape index (κ3) is 8.38. The molecule has 1 heterocycles. The number of nitrogens with zero attached hydrogens (tertiary/aromatic N) is 2. The summed E-state index contributed by atoms with van der Waals surface area (Å²) in [5, 5.41) is 5.20. The number of carbonyl (C=O) groups is 5. The van der Waals surface area contributed by atoms with Crippen LogP contribution in [-0.4, -0.2) is 60.5 Å². The smallest absolute Gasteiger partial charge is 0.437 e. The van der Waals surface area contributed by atoms with Crippen molar-refractivity contribution < 1.29 is 38.2 Å². The van der Waals surface area contributed by atoms with Crippen molar-refractivity contribution in [1.82, 2.24) is 15.5 Å². The van der Waals surface area contributed by atoms with Crippen molar-refractivity contribution in [3.63, 3.8) is 0 Å². The Morgan fingerprint density at radius 2 is 1.51 bits per heavy atom. The Bertz CT molecular complexity index is 1200. The molecule has 206 valence electrons. The lowest BCUT2D eigenvalue weighted by Crippen LogP contribution is -2.66. The van der Waals surface area contributed by atoms with Gasteiger partial charge in [-0.25, -0.2) is 14.4 Å². The average Bonchev–Trinajstić information content (AvgIpc) is 2.93. The van der Waals surface area contributed by atoms with Crippen LogP contribution >= 0.6 is 0 Å². The minimum atomic E-state index is -0.979. The SMILES string of the molecule is COC(=O)[C@@H]1[C@@H](CCCNC(=NC(=O)OCc2ccccc2)NC(=O)OCc2ccccc2)C(=O)N1C(C)=O. The van der Waals surface area contributed by atoms with E-state index in [9.17, 15) is 24.0 Å². The van der Waals surface area contributed by atoms with Gasteiger partial charge in [-0.15, -0.1) is 4.99 Å². The second kappa shape index (κ2) is 14.3. The minimum Gasteiger partial charge on any atom is -0.467 e. The van der Waals surface area contributed by atoms with Crippen molar-refractivity contribution >= 4 is 35.9 Å². The number of alkyl carbamates (subject to hydrolysis) is 1. The van der Waals surface area contributed by atoms with Crippen molar-refractivity contribution in [2.24, 2.45) is 10.9 Å². The number of hydrogen-bond donors (Lipinski definition) is 2. The number of amides is 4. The Labute approximate surface area is 225 Å². The van der Waals surface area contributed by atoms with E-state index in [1.54, 1.807) is 48.5 Å². The predicted molar refractivity (Wildman–Crippen MR) is 138 cm³/mol. The number of esters is 1. The van der Waals surface area contributed by atoms with Gasteiger partial charge in [0.25, 0.3) is 0 Å². The second-order valence-corrected chi connectivity index (χ2v) is 8.56. The summed E-state index contributed by atoms with van der Waals surface area (Å²) in [7, 11) is 1.18. The minimum absolute atomic E-state index is 0.00373. The number of aliphatic imine (C=N–C) groups is 1. The number of rotatable bonds is 9. The van der Waals surface area contributed by atoms with E-state index in [-0.39, 0.29) is 32.1 Å². The molecule has 2 atom stereocenters. The number of benzene rings is 2. The molecule has 1 fully saturated rings. The van der Waals surface area contributed by atoms with E-state index in [0.29, 0.717) is 6.42 Å². The van der Waals surface area contributed by atoms with Crippen molar-refractivity contribution in [3.8, 4) is 0 Å². The van der Waals surface area contributed by atoms with Gasteiger partial charge in [0.1, 0.15) is 19.3 Å². The van der Waals surface area contributed by atoms with E-state index in [0.717, 1.165) is 16.0 Å². The topological polar surface area (TPSA) is 153 Å². The molecule has 12 heteroatoms. The van der Waals surface area contributed by atoms with Gasteiger partial charge in [-0.3, -0.25) is 19.8 Å². The molecule has 0 unspecified atom stereocenters. The van der Waals surface area contributed by atoms with Crippen LogP contribution in [0.25, 0.3) is 0 Å². The third-order valence-corrected chi connectivity index (χ3v) is 5.82. The fourth-order valence-electron chi connectivity index (χ4n) is 3.91. The maximum Gasteiger partial charge on any atom is 0.437 e. The number of hydrogen-bond acceptors (Lipinski definition) is 8. The summed E-state index contributed by atoms with van der Waals surface area (Å²) in [5.74, 6) is -2.59. The van der Waals surface area contributed by atoms with Crippen LogP contribution in [0.4, 0.5) is 9.59 Å². The van der Waals surface area contributed by atoms with Gasteiger partial charge in [0, 0.05) is 13.5 Å². The molecule has 0 bridgehead atoms. The molecule has 1 saturated heterocycles. The largest absolute Gasteiger partial charge is 0.467 e. The Morgan fingerprint density at radius 1 is 0.923 bits per heavy atom. The molecular weight excluding hydrogens is 508 g/mol. The fraction of sp³-hybridized carbons (Fsp3) is 0.333. The van der Waals surface area contributed by atoms with Gasteiger partial charge in [-0.1, -0.05) is 60.7 Å². The summed E-state index contributed by atoms with van der Waals surface area (Å²) >= 11 is 0. The fourth-order valence-corrected chi connectivity index (χ4v) is 3.91. The Morgan fingerprint density at radius 3 is 2.08 bits per heavy atom. The van der Waals surface area contributed by atoms with Crippen LogP contribution in [-0.2, 0) is 41.8 Å². The molecular formula is C27H30N4O8. The van der Waals surface area contributed by atoms with Crippen LogP contribution in [0.5, 0.6) is 0 Å². The Kier molecular flexibility index (Phi) is 10.5. The molecule has 2 N–H and O–H groups in total. The van der Waals surface area contributed by atoms with Crippen LogP contribution in [0.2, 0.25) is 0 Å². The highest BCUT2D eigenvalue weighted by molar-refractivity contribution is 6.07. The first-order valence-corrected chi connectivity index (χ1v) is 12.2. The zero-order valence-electron chi connectivity index (χ0n) is 21.6. The highest BCUT2D eigenvalue weighted by Gasteiger charge is 2.53. The number of β-lactam (4-membered cyclic amide) rings is 1. The van der Waals surface area contributed by atoms with Gasteiger partial charge in [-0.2, -0.15) is 0 Å². The summed E-state index contributed by atoms with van der Waals surface area (Å²) in [6, 6.07) is 17.1. The lowest BCUT2D eigenvalue weighted by Gasteiger charge is -2.43. The van der Waals surface area contributed by atoms with Crippen molar-refractivity contribution in [3.05, 3.63) is 71.8 Å². The molecule has 2 aromatic carbocycles. The van der Waals surface area contributed by atoms with Crippen molar-refractivity contribution in [1.29, 1.82) is 0 Å². The van der Waals surface area contributed by atoms with Gasteiger partial charge in [0.2, 0.25) is 17.8 Å². The van der Waals surface area contributed by atoms with Crippen LogP contribution in [0, 0.1) is 5.92 Å². The molecule has 1 aliphatic rings. The maximum atomic E-state index is 12.3. The van der Waals surface area contributed by atoms with E-state index in [4.69, 9.17) is 14.2 Å². The maximum absolute atomic E-state index is 12.3. The second-order valence-electron chi connectivity index (χ2n) is 8.56. The molecule has 12 nitrogen and oxygen atoms in total. The van der Waals surface area contributed by atoms with Crippen molar-refractivity contribution in [2.75, 3.05) is 13.7 Å². The molecule has 4 amide bonds. The zero-order chi connectivity index (χ0) is 28.2. The number of carbonyl (C=O) groups excluding carboxylic acids is 5. The molecule has 0 radical (unpaired) electrons. The summed E-state index contributed by atoms with van der Waals surface area (Å²) in [6.45, 7) is 1.36. The first kappa shape index (κ1) is 28.8. The molecule has 0 aliphatic carbocycles. The van der Waals surface area contributed by atoms with Crippen LogP contribution in [0.15, 0.2) is 65.7 Å². The molecule has 3 rings (SSSR count). The molecule has 1 aliphatic heterocycles. The monoisotopic (exact) mass is 538 g/mol. The quantitative estimate of drug-likeness (QED) is 0.122. The highest BCUT2D eigenvalue weighted by atomic mass is 16.6. The van der Waals surface area contributed by atoms with Gasteiger partial charge in [-0.05, 0) is 24.0 Å². The van der Waals surface area contributed by atoms with Crippen LogP contribution in [0.3, 0.4) is 0 Å². The molecule has 2 aromatic rings. The summed E-state index contributed by atoms with van der Waals surface area (Å²) < 4.78 is 15.1. The number of imide groups is 1. The van der Waals surface area contributed by atoms with Crippen molar-refractivity contribution in [2.45, 2.75) is 39.0 Å². The number of likely N-dealkylation sites (tertiary alicyclic amines) is 1. The van der Waals surface area contributed by atoms with E-state index < -0.39 is 41.9 Å². The third-order valence-electron chi connectivity index (χ3n) is 5.82. The van der Waals surface area contributed by atoms with E-state index in [1.165, 1.54) is 14.0 Å². The molecule has 39 heavy (non-hydrogen) atoms. The first-order chi connectivity index (χ1) is 18.8. The standard InChI is InChI=1S/C27H30N4O8/c1-18(32)31-22(24(34)37-2)21(23(31)33)14-9-15-28-25(29-26(35)38-16-19-10-5-3-6-11-19)30-27(36)39-17-20-12-7-4-8-13-20/h3-8,10-13,21-22H,9,14-17H2,1-2H3,(H2,28,29,30,35,36)/t21-,22+/m1/s1. The van der Waals surface area contributed by atoms with Crippen LogP contribution < -0.4 is 10.6 Å². The zero-order valence-corrected chi connectivity index (χ0v) is 21.6. The number of nitrogens with one attached hydrogen (secondary N) is 2. The Hall–Kier alpha value is -4.74. The number of guanidine groups is 1. The molecule has 0 saturated carbocycles. The normalized spacial score (nSPS) is 16.5. The summed E-state index contributed by atoms with van der Waals surface area (Å²) in [6.07, 6.45) is -1.20. The van der Waals surface area contributed by atoms with E-state index >= 15 is 0 Å². The summed E-state index contributed by atoms with van der Waals surface area (Å²) in [5.41, 5.74) is 1.53. The van der Waals surface area contributed by atoms with Gasteiger partial charge in [0.15, 0.2) is 0 Å². The Balaban J connectivity index is 1.57. The van der Waals surface area contributed by atoms with Gasteiger partial charge in [0.05, 0.1) is 13.0 Å². The van der Waals surface area contributed by atoms with Gasteiger partial charge >= 0.3 is 18.2 Å². The number of ether oxygens (including phenoxy) is 3. The lowest BCUT2D eigenvalue weighted by molar-refractivity contribution is -0.178. The number of methoxy groups -OCH3 is 1. The lowest BCUT2D eigenvalue weighted by atomic mass is 9.83. The van der Waals surface area contributed by atoms with E-state index in [2.05, 4.69) is 15.6 Å². The molecule has 0 aromatic heterocycles. The predicted octanol–water partition coefficient (Wildman–Crippen LogP) is 2.52. The van der Waals surface area contributed by atoms with Crippen LogP contribution in [0.1, 0.15) is 30.9 Å². The average molecular weight is 539 g/mol. The first-order valence-electron chi connectivity index (χ1n) is 12.2. The van der Waals surface area contributed by atoms with Gasteiger partial charge < -0.3 is 19.5 Å².